The van der Waals surface area contributed by atoms with Crippen LogP contribution < -0.4 is 9.64 Å². The van der Waals surface area contributed by atoms with E-state index < -0.39 is 17.8 Å². The maximum Gasteiger partial charge on any atom is 0.409 e. The first-order valence-electron chi connectivity index (χ1n) is 8.41. The van der Waals surface area contributed by atoms with Crippen LogP contribution in [0, 0.1) is 5.82 Å². The summed E-state index contributed by atoms with van der Waals surface area (Å²) in [4.78, 5) is 40.8. The Balaban J connectivity index is 1.63. The predicted molar refractivity (Wildman–Crippen MR) is 89.4 cm³/mol. The minimum Gasteiger partial charge on any atom is -0.482 e. The maximum atomic E-state index is 13.5. The first-order chi connectivity index (χ1) is 12.5. The third-order valence-corrected chi connectivity index (χ3v) is 4.32. The number of anilines is 1. The lowest BCUT2D eigenvalue weighted by molar-refractivity contribution is -0.133. The van der Waals surface area contributed by atoms with E-state index in [0.717, 1.165) is 0 Å². The first-order valence-corrected chi connectivity index (χ1v) is 8.41. The van der Waals surface area contributed by atoms with E-state index in [9.17, 15) is 18.8 Å². The van der Waals surface area contributed by atoms with Gasteiger partial charge < -0.3 is 19.3 Å². The summed E-state index contributed by atoms with van der Waals surface area (Å²) in [6.07, 6.45) is -0.396. The highest BCUT2D eigenvalue weighted by Crippen LogP contribution is 2.32. The number of amides is 3. The Kier molecular flexibility index (Phi) is 5.24. The Morgan fingerprint density at radius 3 is 2.58 bits per heavy atom. The van der Waals surface area contributed by atoms with Crippen LogP contribution in [0.1, 0.15) is 6.92 Å². The summed E-state index contributed by atoms with van der Waals surface area (Å²) in [7, 11) is 0. The van der Waals surface area contributed by atoms with Crippen LogP contribution in [0.5, 0.6) is 5.75 Å². The Labute approximate surface area is 150 Å². The highest BCUT2D eigenvalue weighted by atomic mass is 19.1. The maximum absolute atomic E-state index is 13.5. The van der Waals surface area contributed by atoms with Crippen molar-refractivity contribution in [2.24, 2.45) is 0 Å². The highest BCUT2D eigenvalue weighted by molar-refractivity contribution is 6.02. The Bertz CT molecular complexity index is 718. The fourth-order valence-electron chi connectivity index (χ4n) is 2.94. The van der Waals surface area contributed by atoms with Crippen molar-refractivity contribution in [2.75, 3.05) is 50.8 Å². The second-order valence-electron chi connectivity index (χ2n) is 5.95. The van der Waals surface area contributed by atoms with Crippen molar-refractivity contribution in [1.29, 1.82) is 0 Å². The molecule has 0 saturated carbocycles. The van der Waals surface area contributed by atoms with E-state index in [2.05, 4.69) is 0 Å². The zero-order valence-corrected chi connectivity index (χ0v) is 14.4. The molecule has 9 heteroatoms. The second-order valence-corrected chi connectivity index (χ2v) is 5.95. The number of carbonyl (C=O) groups excluding carboxylic acids is 3. The van der Waals surface area contributed by atoms with E-state index in [1.54, 1.807) is 11.8 Å². The van der Waals surface area contributed by atoms with E-state index in [1.165, 1.54) is 28.0 Å². The van der Waals surface area contributed by atoms with Gasteiger partial charge in [-0.05, 0) is 19.1 Å². The normalized spacial score (nSPS) is 16.8. The summed E-state index contributed by atoms with van der Waals surface area (Å²) < 4.78 is 23.7. The molecular formula is C17H20FN3O5. The third kappa shape index (κ3) is 3.71. The van der Waals surface area contributed by atoms with E-state index in [4.69, 9.17) is 9.47 Å². The molecule has 1 aromatic rings. The Morgan fingerprint density at radius 2 is 1.88 bits per heavy atom. The molecule has 140 valence electrons. The number of rotatable bonds is 3. The lowest BCUT2D eigenvalue weighted by Gasteiger charge is -2.36. The molecule has 3 amide bonds. The smallest absolute Gasteiger partial charge is 0.409 e. The molecule has 1 saturated heterocycles. The van der Waals surface area contributed by atoms with Gasteiger partial charge in [-0.2, -0.15) is 0 Å². The molecule has 1 aromatic carbocycles. The van der Waals surface area contributed by atoms with Crippen molar-refractivity contribution in [3.8, 4) is 5.75 Å². The molecule has 0 N–H and O–H groups in total. The number of halogens is 1. The van der Waals surface area contributed by atoms with Crippen LogP contribution in [0.2, 0.25) is 0 Å². The monoisotopic (exact) mass is 365 g/mol. The fraction of sp³-hybridized carbons (Fsp3) is 0.471. The Morgan fingerprint density at radius 1 is 1.19 bits per heavy atom. The summed E-state index contributed by atoms with van der Waals surface area (Å²) in [5.41, 5.74) is 0.250. The molecular weight excluding hydrogens is 345 g/mol. The zero-order valence-electron chi connectivity index (χ0n) is 14.4. The van der Waals surface area contributed by atoms with Crippen LogP contribution in [-0.4, -0.2) is 73.6 Å². The minimum atomic E-state index is -0.512. The number of hydrogen-bond donors (Lipinski definition) is 0. The lowest BCUT2D eigenvalue weighted by Crippen LogP contribution is -2.54. The summed E-state index contributed by atoms with van der Waals surface area (Å²) in [6.45, 7) is 3.09. The second kappa shape index (κ2) is 7.59. The highest BCUT2D eigenvalue weighted by Gasteiger charge is 2.31. The van der Waals surface area contributed by atoms with Gasteiger partial charge in [0.1, 0.15) is 18.1 Å². The standard InChI is InChI=1S/C17H20FN3O5/c1-2-25-17(24)20-7-5-19(6-8-20)15(22)10-21-13-9-12(18)3-4-14(13)26-11-16(21)23/h3-4,9H,2,5-8,10-11H2,1H3. The predicted octanol–water partition coefficient (Wildman–Crippen LogP) is 0.852. The van der Waals surface area contributed by atoms with Crippen molar-refractivity contribution in [2.45, 2.75) is 6.92 Å². The minimum absolute atomic E-state index is 0.192. The van der Waals surface area contributed by atoms with Gasteiger partial charge in [0, 0.05) is 32.2 Å². The first kappa shape index (κ1) is 18.0. The quantitative estimate of drug-likeness (QED) is 0.794. The van der Waals surface area contributed by atoms with Gasteiger partial charge in [-0.15, -0.1) is 0 Å². The number of hydrogen-bond acceptors (Lipinski definition) is 5. The number of ether oxygens (including phenoxy) is 2. The van der Waals surface area contributed by atoms with E-state index in [-0.39, 0.29) is 24.7 Å². The largest absolute Gasteiger partial charge is 0.482 e. The molecule has 2 aliphatic rings. The topological polar surface area (TPSA) is 79.4 Å². The van der Waals surface area contributed by atoms with Crippen molar-refractivity contribution in [1.82, 2.24) is 9.80 Å². The lowest BCUT2D eigenvalue weighted by atomic mass is 10.2. The van der Waals surface area contributed by atoms with E-state index in [1.807, 2.05) is 0 Å². The van der Waals surface area contributed by atoms with Gasteiger partial charge in [0.15, 0.2) is 6.61 Å². The van der Waals surface area contributed by atoms with Gasteiger partial charge >= 0.3 is 6.09 Å². The molecule has 0 spiro atoms. The average Bonchev–Trinajstić information content (AvgIpc) is 2.64. The number of piperazine rings is 1. The average molecular weight is 365 g/mol. The van der Waals surface area contributed by atoms with Crippen LogP contribution in [0.25, 0.3) is 0 Å². The Hall–Kier alpha value is -2.84. The van der Waals surface area contributed by atoms with Gasteiger partial charge in [0.25, 0.3) is 5.91 Å². The van der Waals surface area contributed by atoms with Crippen molar-refractivity contribution in [3.63, 3.8) is 0 Å². The van der Waals surface area contributed by atoms with Crippen LogP contribution in [0.3, 0.4) is 0 Å². The molecule has 0 aliphatic carbocycles. The van der Waals surface area contributed by atoms with Crippen molar-refractivity contribution < 1.29 is 28.2 Å². The summed E-state index contributed by atoms with van der Waals surface area (Å²) in [5.74, 6) is -0.811. The molecule has 0 radical (unpaired) electrons. The summed E-state index contributed by atoms with van der Waals surface area (Å²) in [5, 5.41) is 0. The third-order valence-electron chi connectivity index (χ3n) is 4.32. The summed E-state index contributed by atoms with van der Waals surface area (Å²) >= 11 is 0. The number of benzene rings is 1. The molecule has 26 heavy (non-hydrogen) atoms. The van der Waals surface area contributed by atoms with Gasteiger partial charge in [0.05, 0.1) is 12.3 Å². The van der Waals surface area contributed by atoms with Crippen molar-refractivity contribution in [3.05, 3.63) is 24.0 Å². The molecule has 2 aliphatic heterocycles. The van der Waals surface area contributed by atoms with Gasteiger partial charge in [-0.3, -0.25) is 14.5 Å². The van der Waals surface area contributed by atoms with Crippen LogP contribution in [0.4, 0.5) is 14.9 Å². The number of carbonyl (C=O) groups is 3. The van der Waals surface area contributed by atoms with Gasteiger partial charge in [-0.1, -0.05) is 0 Å². The van der Waals surface area contributed by atoms with Crippen LogP contribution in [0.15, 0.2) is 18.2 Å². The SMILES string of the molecule is CCOC(=O)N1CCN(C(=O)CN2C(=O)COc3ccc(F)cc32)CC1. The van der Waals surface area contributed by atoms with E-state index >= 15 is 0 Å². The van der Waals surface area contributed by atoms with Gasteiger partial charge in [0.2, 0.25) is 5.91 Å². The molecule has 1 fully saturated rings. The van der Waals surface area contributed by atoms with Crippen LogP contribution in [-0.2, 0) is 14.3 Å². The molecule has 0 unspecified atom stereocenters. The molecule has 3 rings (SSSR count). The number of fused-ring (bicyclic) bond motifs is 1. The molecule has 0 atom stereocenters. The molecule has 0 aromatic heterocycles. The van der Waals surface area contributed by atoms with Crippen LogP contribution >= 0.6 is 0 Å². The molecule has 0 bridgehead atoms. The number of nitrogens with zero attached hydrogens (tertiary/aromatic N) is 3. The summed E-state index contributed by atoms with van der Waals surface area (Å²) in [6, 6.07) is 3.86. The molecule has 8 nitrogen and oxygen atoms in total. The van der Waals surface area contributed by atoms with Crippen molar-refractivity contribution >= 4 is 23.6 Å². The van der Waals surface area contributed by atoms with E-state index in [0.29, 0.717) is 38.5 Å². The molecule has 2 heterocycles. The van der Waals surface area contributed by atoms with Gasteiger partial charge in [-0.25, -0.2) is 9.18 Å². The fourth-order valence-corrected chi connectivity index (χ4v) is 2.94. The zero-order chi connectivity index (χ0) is 18.7.